The minimum Gasteiger partial charge on any atom is -0.493 e. The van der Waals surface area contributed by atoms with Crippen LogP contribution in [-0.2, 0) is 9.59 Å². The highest BCUT2D eigenvalue weighted by Crippen LogP contribution is 2.28. The van der Waals surface area contributed by atoms with Crippen LogP contribution in [0, 0.1) is 13.8 Å². The van der Waals surface area contributed by atoms with E-state index in [1.54, 1.807) is 25.1 Å². The Kier molecular flexibility index (Phi) is 7.80. The van der Waals surface area contributed by atoms with Gasteiger partial charge in [0.05, 0.1) is 7.11 Å². The number of carbonyl (C=O) groups is 3. The molecule has 0 radical (unpaired) electrons. The Hall–Kier alpha value is -3.55. The van der Waals surface area contributed by atoms with E-state index in [4.69, 9.17) is 14.2 Å². The second-order valence-electron chi connectivity index (χ2n) is 6.71. The summed E-state index contributed by atoms with van der Waals surface area (Å²) in [5, 5.41) is 0. The lowest BCUT2D eigenvalue weighted by molar-refractivity contribution is -0.133. The fraction of sp³-hybridized carbons (Fsp3) is 0.318. The van der Waals surface area contributed by atoms with Crippen molar-refractivity contribution in [3.63, 3.8) is 0 Å². The molecule has 1 unspecified atom stereocenters. The zero-order valence-corrected chi connectivity index (χ0v) is 17.7. The molecule has 0 heterocycles. The average molecular weight is 414 g/mol. The summed E-state index contributed by atoms with van der Waals surface area (Å²) in [6, 6.07) is 10.2. The van der Waals surface area contributed by atoms with E-state index < -0.39 is 17.9 Å². The fourth-order valence-electron chi connectivity index (χ4n) is 2.51. The molecular formula is C22H26N2O6. The van der Waals surface area contributed by atoms with Gasteiger partial charge in [-0.25, -0.2) is 0 Å². The minimum absolute atomic E-state index is 0.113. The molecule has 2 aromatic carbocycles. The van der Waals surface area contributed by atoms with Crippen LogP contribution >= 0.6 is 0 Å². The molecule has 1 atom stereocenters. The van der Waals surface area contributed by atoms with Gasteiger partial charge in [-0.05, 0) is 63.1 Å². The largest absolute Gasteiger partial charge is 0.493 e. The third-order valence-electron chi connectivity index (χ3n) is 4.48. The number of methoxy groups -OCH3 is 1. The van der Waals surface area contributed by atoms with Crippen molar-refractivity contribution < 1.29 is 28.6 Å². The van der Waals surface area contributed by atoms with Gasteiger partial charge >= 0.3 is 0 Å². The van der Waals surface area contributed by atoms with E-state index in [-0.39, 0.29) is 12.4 Å². The van der Waals surface area contributed by atoms with Gasteiger partial charge in [0.25, 0.3) is 11.8 Å². The Morgan fingerprint density at radius 2 is 1.73 bits per heavy atom. The van der Waals surface area contributed by atoms with Gasteiger partial charge in [0.15, 0.2) is 30.0 Å². The zero-order chi connectivity index (χ0) is 22.3. The maximum Gasteiger partial charge on any atom is 0.279 e. The van der Waals surface area contributed by atoms with Gasteiger partial charge in [-0.2, -0.15) is 0 Å². The number of hydrogen-bond donors (Lipinski definition) is 2. The van der Waals surface area contributed by atoms with Gasteiger partial charge in [-0.15, -0.1) is 0 Å². The molecule has 0 aliphatic heterocycles. The van der Waals surface area contributed by atoms with Crippen LogP contribution in [0.25, 0.3) is 0 Å². The molecule has 8 heteroatoms. The van der Waals surface area contributed by atoms with Crippen molar-refractivity contribution in [2.75, 3.05) is 13.7 Å². The SMILES string of the molecule is COc1cc(C(C)=O)ccc1OCC(=O)NNC(=O)C(C)Oc1cccc(C)c1C. The van der Waals surface area contributed by atoms with Crippen molar-refractivity contribution in [3.8, 4) is 17.2 Å². The summed E-state index contributed by atoms with van der Waals surface area (Å²) in [7, 11) is 1.43. The summed E-state index contributed by atoms with van der Waals surface area (Å²) in [5.41, 5.74) is 7.04. The lowest BCUT2D eigenvalue weighted by Gasteiger charge is -2.17. The van der Waals surface area contributed by atoms with E-state index in [2.05, 4.69) is 10.9 Å². The average Bonchev–Trinajstić information content (AvgIpc) is 2.73. The summed E-state index contributed by atoms with van der Waals surface area (Å²) in [4.78, 5) is 35.6. The van der Waals surface area contributed by atoms with Crippen LogP contribution in [0.3, 0.4) is 0 Å². The first-order valence-electron chi connectivity index (χ1n) is 9.36. The van der Waals surface area contributed by atoms with Gasteiger partial charge in [0.2, 0.25) is 0 Å². The number of aryl methyl sites for hydroxylation is 1. The first kappa shape index (κ1) is 22.7. The van der Waals surface area contributed by atoms with Gasteiger partial charge in [0, 0.05) is 5.56 Å². The molecule has 0 saturated carbocycles. The number of amides is 2. The van der Waals surface area contributed by atoms with E-state index >= 15 is 0 Å². The summed E-state index contributed by atoms with van der Waals surface area (Å²) >= 11 is 0. The van der Waals surface area contributed by atoms with Crippen molar-refractivity contribution in [2.24, 2.45) is 0 Å². The van der Waals surface area contributed by atoms with Crippen LogP contribution in [0.1, 0.15) is 35.3 Å². The molecule has 2 aromatic rings. The second-order valence-corrected chi connectivity index (χ2v) is 6.71. The minimum atomic E-state index is -0.814. The molecule has 8 nitrogen and oxygen atoms in total. The Morgan fingerprint density at radius 3 is 2.40 bits per heavy atom. The van der Waals surface area contributed by atoms with Crippen molar-refractivity contribution in [2.45, 2.75) is 33.8 Å². The normalized spacial score (nSPS) is 11.2. The molecule has 160 valence electrons. The number of Topliss-reactive ketones (excluding diaryl/α,β-unsaturated/α-hetero) is 1. The molecular weight excluding hydrogens is 388 g/mol. The number of rotatable bonds is 8. The third kappa shape index (κ3) is 5.97. The maximum absolute atomic E-state index is 12.2. The highest BCUT2D eigenvalue weighted by molar-refractivity contribution is 5.94. The molecule has 2 N–H and O–H groups in total. The van der Waals surface area contributed by atoms with Crippen molar-refractivity contribution in [1.29, 1.82) is 0 Å². The van der Waals surface area contributed by atoms with Crippen molar-refractivity contribution in [3.05, 3.63) is 53.1 Å². The topological polar surface area (TPSA) is 103 Å². The van der Waals surface area contributed by atoms with Crippen LogP contribution in [0.15, 0.2) is 36.4 Å². The van der Waals surface area contributed by atoms with E-state index in [0.29, 0.717) is 22.8 Å². The lowest BCUT2D eigenvalue weighted by atomic mass is 10.1. The molecule has 0 aliphatic rings. The van der Waals surface area contributed by atoms with Crippen molar-refractivity contribution in [1.82, 2.24) is 10.9 Å². The molecule has 0 aromatic heterocycles. The Balaban J connectivity index is 1.85. The van der Waals surface area contributed by atoms with E-state index in [9.17, 15) is 14.4 Å². The predicted octanol–water partition coefficient (Wildman–Crippen LogP) is 2.51. The van der Waals surface area contributed by atoms with Crippen LogP contribution < -0.4 is 25.1 Å². The molecule has 2 rings (SSSR count). The third-order valence-corrected chi connectivity index (χ3v) is 4.48. The van der Waals surface area contributed by atoms with Gasteiger partial charge in [-0.3, -0.25) is 25.2 Å². The molecule has 0 saturated heterocycles. The van der Waals surface area contributed by atoms with Crippen LogP contribution in [0.4, 0.5) is 0 Å². The van der Waals surface area contributed by atoms with E-state index in [0.717, 1.165) is 11.1 Å². The zero-order valence-electron chi connectivity index (χ0n) is 17.7. The number of hydrazine groups is 1. The molecule has 0 fully saturated rings. The Morgan fingerprint density at radius 1 is 1.00 bits per heavy atom. The summed E-state index contributed by atoms with van der Waals surface area (Å²) in [5.74, 6) is 0.0456. The quantitative estimate of drug-likeness (QED) is 0.508. The molecule has 0 bridgehead atoms. The predicted molar refractivity (Wildman–Crippen MR) is 111 cm³/mol. The van der Waals surface area contributed by atoms with Crippen LogP contribution in [-0.4, -0.2) is 37.4 Å². The number of benzene rings is 2. The number of ketones is 1. The fourth-order valence-corrected chi connectivity index (χ4v) is 2.51. The summed E-state index contributed by atoms with van der Waals surface area (Å²) in [6.07, 6.45) is -0.814. The van der Waals surface area contributed by atoms with Crippen molar-refractivity contribution >= 4 is 17.6 Å². The molecule has 0 spiro atoms. The molecule has 2 amide bonds. The maximum atomic E-state index is 12.2. The second kappa shape index (κ2) is 10.3. The lowest BCUT2D eigenvalue weighted by Crippen LogP contribution is -2.48. The first-order chi connectivity index (χ1) is 14.2. The highest BCUT2D eigenvalue weighted by atomic mass is 16.5. The standard InChI is InChI=1S/C22H26N2O6/c1-13-7-6-8-18(14(13)2)30-16(4)22(27)24-23-21(26)12-29-19-10-9-17(15(3)25)11-20(19)28-5/h6-11,16H,12H2,1-5H3,(H,23,26)(H,24,27). The summed E-state index contributed by atoms with van der Waals surface area (Å²) in [6.45, 7) is 6.53. The highest BCUT2D eigenvalue weighted by Gasteiger charge is 2.17. The number of carbonyl (C=O) groups excluding carboxylic acids is 3. The van der Waals surface area contributed by atoms with Gasteiger partial charge in [-0.1, -0.05) is 12.1 Å². The Bertz CT molecular complexity index is 941. The molecule has 30 heavy (non-hydrogen) atoms. The van der Waals surface area contributed by atoms with Gasteiger partial charge in [0.1, 0.15) is 5.75 Å². The number of hydrogen-bond acceptors (Lipinski definition) is 6. The molecule has 0 aliphatic carbocycles. The van der Waals surface area contributed by atoms with Gasteiger partial charge < -0.3 is 14.2 Å². The smallest absolute Gasteiger partial charge is 0.279 e. The van der Waals surface area contributed by atoms with Crippen LogP contribution in [0.2, 0.25) is 0 Å². The number of nitrogens with one attached hydrogen (secondary N) is 2. The van der Waals surface area contributed by atoms with E-state index in [1.165, 1.54) is 20.1 Å². The Labute approximate surface area is 175 Å². The first-order valence-corrected chi connectivity index (χ1v) is 9.36. The number of ether oxygens (including phenoxy) is 3. The monoisotopic (exact) mass is 414 g/mol. The van der Waals surface area contributed by atoms with E-state index in [1.807, 2.05) is 26.0 Å². The summed E-state index contributed by atoms with van der Waals surface area (Å²) < 4.78 is 16.3. The van der Waals surface area contributed by atoms with Crippen LogP contribution in [0.5, 0.6) is 17.2 Å².